The van der Waals surface area contributed by atoms with Gasteiger partial charge in [-0.25, -0.2) is 0 Å². The normalized spacial score (nSPS) is 21.3. The Morgan fingerprint density at radius 3 is 3.00 bits per heavy atom. The number of ether oxygens (including phenoxy) is 3. The number of fused-ring (bicyclic) bond motifs is 1. The van der Waals surface area contributed by atoms with Crippen LogP contribution in [-0.2, 0) is 16.1 Å². The van der Waals surface area contributed by atoms with Crippen molar-refractivity contribution in [3.05, 3.63) is 17.7 Å². The molecule has 1 N–H and O–H groups in total. The summed E-state index contributed by atoms with van der Waals surface area (Å²) in [6.45, 7) is 2.23. The highest BCUT2D eigenvalue weighted by Gasteiger charge is 2.28. The van der Waals surface area contributed by atoms with Crippen molar-refractivity contribution in [2.24, 2.45) is 0 Å². The van der Waals surface area contributed by atoms with Crippen LogP contribution in [0.4, 0.5) is 0 Å². The Morgan fingerprint density at radius 1 is 1.48 bits per heavy atom. The van der Waals surface area contributed by atoms with Crippen LogP contribution in [0.15, 0.2) is 12.1 Å². The van der Waals surface area contributed by atoms with Crippen LogP contribution in [0.25, 0.3) is 0 Å². The second-order valence-electron chi connectivity index (χ2n) is 4.95. The fourth-order valence-electron chi connectivity index (χ4n) is 2.46. The highest BCUT2D eigenvalue weighted by Crippen LogP contribution is 2.38. The summed E-state index contributed by atoms with van der Waals surface area (Å²) in [5.74, 6) is 2.08. The van der Waals surface area contributed by atoms with Crippen LogP contribution in [0, 0.1) is 0 Å². The molecule has 21 heavy (non-hydrogen) atoms. The molecule has 0 amide bonds. The Labute approximate surface area is 127 Å². The lowest BCUT2D eigenvalue weighted by Crippen LogP contribution is -2.41. The van der Waals surface area contributed by atoms with Gasteiger partial charge in [-0.2, -0.15) is 0 Å². The Morgan fingerprint density at radius 2 is 2.24 bits per heavy atom. The van der Waals surface area contributed by atoms with E-state index in [0.717, 1.165) is 17.9 Å². The molecule has 7 heteroatoms. The summed E-state index contributed by atoms with van der Waals surface area (Å²) in [7, 11) is 1.41. The van der Waals surface area contributed by atoms with Crippen LogP contribution < -0.4 is 9.47 Å². The number of thioether (sulfide) groups is 1. The number of phenolic OH excluding ortho intramolecular Hbond substituents is 1. The zero-order valence-electron chi connectivity index (χ0n) is 11.7. The fraction of sp³-hybridized carbons (Fsp3) is 0.500. The van der Waals surface area contributed by atoms with Crippen molar-refractivity contribution >= 4 is 17.7 Å². The van der Waals surface area contributed by atoms with Gasteiger partial charge in [0.15, 0.2) is 11.5 Å². The van der Waals surface area contributed by atoms with E-state index in [-0.39, 0.29) is 23.8 Å². The predicted molar refractivity (Wildman–Crippen MR) is 77.8 cm³/mol. The minimum Gasteiger partial charge on any atom is -0.507 e. The molecule has 114 valence electrons. The molecule has 0 saturated carbocycles. The smallest absolute Gasteiger partial charge is 0.320 e. The third kappa shape index (κ3) is 3.03. The van der Waals surface area contributed by atoms with Crippen molar-refractivity contribution in [1.29, 1.82) is 0 Å². The monoisotopic (exact) mass is 311 g/mol. The maximum Gasteiger partial charge on any atom is 0.320 e. The first-order chi connectivity index (χ1) is 10.2. The third-order valence-electron chi connectivity index (χ3n) is 3.58. The van der Waals surface area contributed by atoms with Crippen molar-refractivity contribution in [3.8, 4) is 17.2 Å². The summed E-state index contributed by atoms with van der Waals surface area (Å²) in [6, 6.07) is 3.38. The quantitative estimate of drug-likeness (QED) is 0.842. The van der Waals surface area contributed by atoms with E-state index < -0.39 is 0 Å². The second kappa shape index (κ2) is 6.03. The van der Waals surface area contributed by atoms with Crippen molar-refractivity contribution in [2.45, 2.75) is 11.8 Å². The van der Waals surface area contributed by atoms with E-state index in [1.165, 1.54) is 7.11 Å². The van der Waals surface area contributed by atoms with Crippen LogP contribution in [-0.4, -0.2) is 54.0 Å². The van der Waals surface area contributed by atoms with Gasteiger partial charge in [-0.1, -0.05) is 0 Å². The molecule has 0 spiro atoms. The zero-order valence-corrected chi connectivity index (χ0v) is 12.5. The average Bonchev–Trinajstić information content (AvgIpc) is 2.94. The predicted octanol–water partition coefficient (Wildman–Crippen LogP) is 1.21. The van der Waals surface area contributed by atoms with Crippen LogP contribution >= 0.6 is 11.8 Å². The van der Waals surface area contributed by atoms with Crippen LogP contribution in [0.3, 0.4) is 0 Å². The number of rotatable bonds is 3. The molecule has 0 radical (unpaired) electrons. The van der Waals surface area contributed by atoms with Crippen molar-refractivity contribution in [2.75, 3.05) is 32.7 Å². The van der Waals surface area contributed by atoms with Gasteiger partial charge in [0, 0.05) is 37.0 Å². The van der Waals surface area contributed by atoms with E-state index in [0.29, 0.717) is 24.6 Å². The van der Waals surface area contributed by atoms with Crippen LogP contribution in [0.1, 0.15) is 5.56 Å². The number of aromatic hydroxyl groups is 1. The Hall–Kier alpha value is -1.60. The summed E-state index contributed by atoms with van der Waals surface area (Å²) in [5, 5.41) is 9.90. The summed E-state index contributed by atoms with van der Waals surface area (Å²) in [6.07, 6.45) is 0. The van der Waals surface area contributed by atoms with Gasteiger partial charge >= 0.3 is 5.97 Å². The largest absolute Gasteiger partial charge is 0.507 e. The minimum atomic E-state index is -0.195. The molecule has 0 aromatic heterocycles. The standard InChI is InChI=1S/C14H17NO5S/c1-18-14(17)13-7-15(2-3-21-13)6-9-4-11-12(5-10(9)16)20-8-19-11/h4-5,13,16H,2-3,6-8H2,1H3/t13-/m0/s1. The topological polar surface area (TPSA) is 68.2 Å². The van der Waals surface area contributed by atoms with Gasteiger partial charge in [0.25, 0.3) is 0 Å². The van der Waals surface area contributed by atoms with E-state index in [9.17, 15) is 9.90 Å². The number of hydrogen-bond acceptors (Lipinski definition) is 7. The van der Waals surface area contributed by atoms with Gasteiger partial charge in [-0.05, 0) is 6.07 Å². The van der Waals surface area contributed by atoms with Crippen molar-refractivity contribution in [1.82, 2.24) is 4.90 Å². The molecule has 0 unspecified atom stereocenters. The van der Waals surface area contributed by atoms with E-state index in [1.807, 2.05) is 0 Å². The summed E-state index contributed by atoms with van der Waals surface area (Å²) < 4.78 is 15.4. The second-order valence-corrected chi connectivity index (χ2v) is 6.26. The number of benzene rings is 1. The molecule has 3 rings (SSSR count). The first-order valence-corrected chi connectivity index (χ1v) is 7.75. The first-order valence-electron chi connectivity index (χ1n) is 6.70. The lowest BCUT2D eigenvalue weighted by atomic mass is 10.1. The van der Waals surface area contributed by atoms with Gasteiger partial charge in [-0.3, -0.25) is 9.69 Å². The van der Waals surface area contributed by atoms with Crippen LogP contribution in [0.2, 0.25) is 0 Å². The number of carbonyl (C=O) groups excluding carboxylic acids is 1. The molecule has 1 atom stereocenters. The molecular formula is C14H17NO5S. The van der Waals surface area contributed by atoms with Crippen molar-refractivity contribution < 1.29 is 24.1 Å². The SMILES string of the molecule is COC(=O)[C@@H]1CN(Cc2cc3c(cc2O)OCO3)CCS1. The number of esters is 1. The molecule has 1 fully saturated rings. The molecular weight excluding hydrogens is 294 g/mol. The number of methoxy groups -OCH3 is 1. The first kappa shape index (κ1) is 14.3. The number of carbonyl (C=O) groups is 1. The van der Waals surface area contributed by atoms with Crippen molar-refractivity contribution in [3.63, 3.8) is 0 Å². The molecule has 2 heterocycles. The van der Waals surface area contributed by atoms with Crippen LogP contribution in [0.5, 0.6) is 17.2 Å². The Kier molecular flexibility index (Phi) is 4.12. The highest BCUT2D eigenvalue weighted by molar-refractivity contribution is 8.00. The van der Waals surface area contributed by atoms with Gasteiger partial charge in [0.2, 0.25) is 6.79 Å². The Balaban J connectivity index is 1.70. The average molecular weight is 311 g/mol. The molecule has 0 bridgehead atoms. The summed E-state index contributed by atoms with van der Waals surface area (Å²) in [5.41, 5.74) is 0.773. The highest BCUT2D eigenvalue weighted by atomic mass is 32.2. The van der Waals surface area contributed by atoms with Gasteiger partial charge in [-0.15, -0.1) is 11.8 Å². The lowest BCUT2D eigenvalue weighted by Gasteiger charge is -2.31. The number of hydrogen-bond donors (Lipinski definition) is 1. The lowest BCUT2D eigenvalue weighted by molar-refractivity contribution is -0.140. The van der Waals surface area contributed by atoms with E-state index in [4.69, 9.17) is 14.2 Å². The maximum atomic E-state index is 11.6. The molecule has 2 aliphatic rings. The third-order valence-corrected chi connectivity index (χ3v) is 4.74. The number of nitrogens with zero attached hydrogens (tertiary/aromatic N) is 1. The van der Waals surface area contributed by atoms with E-state index in [2.05, 4.69) is 4.90 Å². The minimum absolute atomic E-state index is 0.167. The van der Waals surface area contributed by atoms with E-state index >= 15 is 0 Å². The fourth-order valence-corrected chi connectivity index (χ4v) is 3.66. The molecule has 6 nitrogen and oxygen atoms in total. The van der Waals surface area contributed by atoms with E-state index in [1.54, 1.807) is 23.9 Å². The zero-order chi connectivity index (χ0) is 14.8. The summed E-state index contributed by atoms with van der Waals surface area (Å²) >= 11 is 1.61. The molecule has 2 aliphatic heterocycles. The van der Waals surface area contributed by atoms with Gasteiger partial charge in [0.05, 0.1) is 7.11 Å². The summed E-state index contributed by atoms with van der Waals surface area (Å²) in [4.78, 5) is 13.8. The Bertz CT molecular complexity index is 550. The molecule has 1 saturated heterocycles. The maximum absolute atomic E-state index is 11.6. The number of phenols is 1. The van der Waals surface area contributed by atoms with Gasteiger partial charge < -0.3 is 19.3 Å². The van der Waals surface area contributed by atoms with Gasteiger partial charge in [0.1, 0.15) is 11.0 Å². The molecule has 1 aromatic rings. The molecule has 1 aromatic carbocycles. The molecule has 0 aliphatic carbocycles.